The molecule has 0 atom stereocenters. The number of carboxylic acids is 1. The Bertz CT molecular complexity index is 346. The third-order valence-corrected chi connectivity index (χ3v) is 1.57. The summed E-state index contributed by atoms with van der Waals surface area (Å²) in [6, 6.07) is 1.14. The largest absolute Gasteiger partial charge is 0.476 e. The van der Waals surface area contributed by atoms with Crippen LogP contribution in [0.5, 0.6) is 0 Å². The van der Waals surface area contributed by atoms with Crippen molar-refractivity contribution in [2.75, 3.05) is 0 Å². The van der Waals surface area contributed by atoms with E-state index in [0.29, 0.717) is 0 Å². The van der Waals surface area contributed by atoms with E-state index in [1.807, 2.05) is 5.10 Å². The molecule has 0 bridgehead atoms. The van der Waals surface area contributed by atoms with Gasteiger partial charge in [-0.3, -0.25) is 4.79 Å². The Balaban J connectivity index is 3.26. The lowest BCUT2D eigenvalue weighted by atomic mass is 10.4. The lowest BCUT2D eigenvalue weighted by Crippen LogP contribution is -2.13. The third kappa shape index (κ3) is 1.64. The summed E-state index contributed by atoms with van der Waals surface area (Å²) in [5.41, 5.74) is -0.647. The Hall–Kier alpha value is -1.17. The van der Waals surface area contributed by atoms with E-state index >= 15 is 0 Å². The number of hydrogen-bond donors (Lipinski definition) is 2. The predicted octanol–water partition coefficient (Wildman–Crippen LogP) is 0.231. The molecule has 0 aromatic carbocycles. The maximum absolute atomic E-state index is 10.6. The van der Waals surface area contributed by atoms with Crippen molar-refractivity contribution >= 4 is 21.9 Å². The Morgan fingerprint density at radius 3 is 2.82 bits per heavy atom. The molecule has 0 amide bonds. The molecule has 0 radical (unpaired) electrons. The van der Waals surface area contributed by atoms with Crippen molar-refractivity contribution in [2.24, 2.45) is 0 Å². The number of rotatable bonds is 1. The highest BCUT2D eigenvalue weighted by molar-refractivity contribution is 9.10. The molecule has 1 aromatic rings. The highest BCUT2D eigenvalue weighted by Crippen LogP contribution is 2.01. The van der Waals surface area contributed by atoms with Crippen molar-refractivity contribution in [1.82, 2.24) is 10.2 Å². The molecule has 0 unspecified atom stereocenters. The van der Waals surface area contributed by atoms with Crippen LogP contribution >= 0.6 is 15.9 Å². The molecule has 11 heavy (non-hydrogen) atoms. The number of H-pyrrole nitrogens is 1. The molecule has 6 heteroatoms. The number of aromatic amines is 1. The molecular weight excluding hydrogens is 216 g/mol. The molecule has 2 N–H and O–H groups in total. The zero-order chi connectivity index (χ0) is 8.43. The van der Waals surface area contributed by atoms with Crippen LogP contribution in [-0.2, 0) is 0 Å². The summed E-state index contributed by atoms with van der Waals surface area (Å²) in [5, 5.41) is 13.7. The monoisotopic (exact) mass is 218 g/mol. The van der Waals surface area contributed by atoms with Crippen molar-refractivity contribution in [3.05, 3.63) is 26.6 Å². The highest BCUT2D eigenvalue weighted by atomic mass is 79.9. The van der Waals surface area contributed by atoms with Gasteiger partial charge in [0.05, 0.1) is 4.47 Å². The molecule has 0 saturated carbocycles. The summed E-state index contributed by atoms with van der Waals surface area (Å²) in [7, 11) is 0. The second-order valence-electron chi connectivity index (χ2n) is 1.74. The van der Waals surface area contributed by atoms with Gasteiger partial charge in [-0.2, -0.15) is 5.10 Å². The first-order chi connectivity index (χ1) is 5.11. The van der Waals surface area contributed by atoms with Gasteiger partial charge in [0.25, 0.3) is 5.56 Å². The summed E-state index contributed by atoms with van der Waals surface area (Å²) in [4.78, 5) is 20.9. The topological polar surface area (TPSA) is 83.0 Å². The molecule has 0 aliphatic heterocycles. The number of aromatic nitrogens is 2. The van der Waals surface area contributed by atoms with Gasteiger partial charge < -0.3 is 5.11 Å². The first-order valence-corrected chi connectivity index (χ1v) is 3.39. The van der Waals surface area contributed by atoms with Gasteiger partial charge in [0.1, 0.15) is 0 Å². The standard InChI is InChI=1S/C5H3BrN2O3/c6-2-1-3(5(10)11)7-8-4(2)9/h1H,(H,8,9)(H,10,11). The van der Waals surface area contributed by atoms with Crippen LogP contribution in [0.15, 0.2) is 15.3 Å². The molecule has 0 fully saturated rings. The van der Waals surface area contributed by atoms with Gasteiger partial charge in [0, 0.05) is 0 Å². The van der Waals surface area contributed by atoms with Crippen molar-refractivity contribution in [3.8, 4) is 0 Å². The molecular formula is C5H3BrN2O3. The van der Waals surface area contributed by atoms with E-state index < -0.39 is 11.5 Å². The molecule has 0 aliphatic carbocycles. The summed E-state index contributed by atoms with van der Waals surface area (Å²) >= 11 is 2.87. The molecule has 1 aromatic heterocycles. The van der Waals surface area contributed by atoms with Crippen molar-refractivity contribution in [2.45, 2.75) is 0 Å². The van der Waals surface area contributed by atoms with Crippen LogP contribution in [0.3, 0.4) is 0 Å². The number of halogens is 1. The maximum Gasteiger partial charge on any atom is 0.356 e. The Kier molecular flexibility index (Phi) is 2.04. The van der Waals surface area contributed by atoms with Crippen LogP contribution in [0.25, 0.3) is 0 Å². The molecule has 5 nitrogen and oxygen atoms in total. The van der Waals surface area contributed by atoms with Crippen LogP contribution in [0.2, 0.25) is 0 Å². The van der Waals surface area contributed by atoms with E-state index in [2.05, 4.69) is 21.0 Å². The van der Waals surface area contributed by atoms with Crippen LogP contribution in [0, 0.1) is 0 Å². The van der Waals surface area contributed by atoms with Gasteiger partial charge in [-0.15, -0.1) is 0 Å². The fourth-order valence-electron chi connectivity index (χ4n) is 0.492. The van der Waals surface area contributed by atoms with E-state index in [4.69, 9.17) is 5.11 Å². The van der Waals surface area contributed by atoms with E-state index in [1.54, 1.807) is 0 Å². The summed E-state index contributed by atoms with van der Waals surface area (Å²) in [6.45, 7) is 0. The SMILES string of the molecule is O=C(O)c1cc(Br)c(=O)[nH]n1. The second-order valence-corrected chi connectivity index (χ2v) is 2.59. The minimum atomic E-state index is -1.18. The van der Waals surface area contributed by atoms with Gasteiger partial charge >= 0.3 is 5.97 Å². The van der Waals surface area contributed by atoms with Gasteiger partial charge in [0.15, 0.2) is 5.69 Å². The van der Waals surface area contributed by atoms with E-state index in [9.17, 15) is 9.59 Å². The number of nitrogens with one attached hydrogen (secondary N) is 1. The summed E-state index contributed by atoms with van der Waals surface area (Å²) in [6.07, 6.45) is 0. The normalized spacial score (nSPS) is 9.55. The van der Waals surface area contributed by atoms with Crippen molar-refractivity contribution < 1.29 is 9.90 Å². The van der Waals surface area contributed by atoms with Gasteiger partial charge in [-0.1, -0.05) is 0 Å². The molecule has 1 rings (SSSR count). The number of aromatic carboxylic acids is 1. The Morgan fingerprint density at radius 1 is 1.73 bits per heavy atom. The maximum atomic E-state index is 10.6. The molecule has 58 valence electrons. The number of hydrogen-bond acceptors (Lipinski definition) is 3. The minimum absolute atomic E-state index is 0.157. The average molecular weight is 219 g/mol. The van der Waals surface area contributed by atoms with Crippen LogP contribution in [-0.4, -0.2) is 21.3 Å². The number of carboxylic acid groups (broad SMARTS) is 1. The molecule has 0 saturated heterocycles. The lowest BCUT2D eigenvalue weighted by molar-refractivity contribution is 0.0689. The summed E-state index contributed by atoms with van der Waals surface area (Å²) in [5.74, 6) is -1.18. The van der Waals surface area contributed by atoms with Gasteiger partial charge in [0.2, 0.25) is 0 Å². The fraction of sp³-hybridized carbons (Fsp3) is 0. The van der Waals surface area contributed by atoms with Crippen LogP contribution in [0.4, 0.5) is 0 Å². The van der Waals surface area contributed by atoms with E-state index in [0.717, 1.165) is 6.07 Å². The highest BCUT2D eigenvalue weighted by Gasteiger charge is 2.05. The molecule has 0 spiro atoms. The Morgan fingerprint density at radius 2 is 2.36 bits per heavy atom. The first kappa shape index (κ1) is 7.93. The van der Waals surface area contributed by atoms with Gasteiger partial charge in [-0.25, -0.2) is 9.89 Å². The minimum Gasteiger partial charge on any atom is -0.476 e. The zero-order valence-corrected chi connectivity index (χ0v) is 6.75. The second kappa shape index (κ2) is 2.83. The van der Waals surface area contributed by atoms with Gasteiger partial charge in [-0.05, 0) is 22.0 Å². The lowest BCUT2D eigenvalue weighted by Gasteiger charge is -1.91. The Labute approximate surface area is 69.2 Å². The fourth-order valence-corrected chi connectivity index (χ4v) is 0.797. The number of carbonyl (C=O) groups is 1. The predicted molar refractivity (Wildman–Crippen MR) is 39.5 cm³/mol. The van der Waals surface area contributed by atoms with E-state index in [-0.39, 0.29) is 10.2 Å². The average Bonchev–Trinajstić information content (AvgIpc) is 1.94. The quantitative estimate of drug-likeness (QED) is 0.708. The smallest absolute Gasteiger partial charge is 0.356 e. The van der Waals surface area contributed by atoms with E-state index in [1.165, 1.54) is 0 Å². The molecule has 1 heterocycles. The first-order valence-electron chi connectivity index (χ1n) is 2.60. The zero-order valence-electron chi connectivity index (χ0n) is 5.17. The summed E-state index contributed by atoms with van der Waals surface area (Å²) < 4.78 is 0.157. The van der Waals surface area contributed by atoms with Crippen LogP contribution in [0.1, 0.15) is 10.5 Å². The van der Waals surface area contributed by atoms with Crippen molar-refractivity contribution in [1.29, 1.82) is 0 Å². The third-order valence-electron chi connectivity index (χ3n) is 0.977. The number of nitrogens with zero attached hydrogens (tertiary/aromatic N) is 1. The molecule has 0 aliphatic rings. The van der Waals surface area contributed by atoms with Crippen LogP contribution < -0.4 is 5.56 Å². The van der Waals surface area contributed by atoms with Crippen molar-refractivity contribution in [3.63, 3.8) is 0 Å².